The van der Waals surface area contributed by atoms with Gasteiger partial charge in [-0.1, -0.05) is 55.5 Å². The summed E-state index contributed by atoms with van der Waals surface area (Å²) >= 11 is 0. The number of fused-ring (bicyclic) bond motifs is 2. The van der Waals surface area contributed by atoms with Gasteiger partial charge >= 0.3 is 0 Å². The number of benzene rings is 3. The van der Waals surface area contributed by atoms with Crippen molar-refractivity contribution in [3.63, 3.8) is 0 Å². The van der Waals surface area contributed by atoms with Gasteiger partial charge in [-0.3, -0.25) is 14.5 Å². The molecule has 0 spiro atoms. The number of unbranched alkanes of at least 4 members (excludes halogenated alkanes) is 1. The highest BCUT2D eigenvalue weighted by atomic mass is 16.5. The largest absolute Gasteiger partial charge is 0.493 e. The lowest BCUT2D eigenvalue weighted by Gasteiger charge is -2.33. The molecule has 0 bridgehead atoms. The van der Waals surface area contributed by atoms with Crippen LogP contribution in [-0.2, 0) is 0 Å². The number of ether oxygens (including phenoxy) is 1. The molecule has 5 heteroatoms. The first-order valence-electron chi connectivity index (χ1n) is 13.0. The van der Waals surface area contributed by atoms with Crippen molar-refractivity contribution in [1.29, 1.82) is 0 Å². The Morgan fingerprint density at radius 2 is 1.49 bits per heavy atom. The van der Waals surface area contributed by atoms with Gasteiger partial charge in [0.15, 0.2) is 0 Å². The molecule has 5 nitrogen and oxygen atoms in total. The highest BCUT2D eigenvalue weighted by molar-refractivity contribution is 6.21. The summed E-state index contributed by atoms with van der Waals surface area (Å²) in [4.78, 5) is 29.0. The van der Waals surface area contributed by atoms with E-state index >= 15 is 0 Å². The minimum atomic E-state index is -0.150. The molecule has 35 heavy (non-hydrogen) atoms. The Kier molecular flexibility index (Phi) is 7.14. The molecule has 3 aromatic rings. The Morgan fingerprint density at radius 1 is 0.829 bits per heavy atom. The third-order valence-corrected chi connectivity index (χ3v) is 7.37. The van der Waals surface area contributed by atoms with E-state index in [-0.39, 0.29) is 11.8 Å². The van der Waals surface area contributed by atoms with Crippen LogP contribution < -0.4 is 4.74 Å². The number of amides is 2. The highest BCUT2D eigenvalue weighted by Gasteiger charge is 2.34. The maximum atomic E-state index is 12.5. The molecule has 0 aromatic heterocycles. The van der Waals surface area contributed by atoms with E-state index in [0.717, 1.165) is 64.1 Å². The third kappa shape index (κ3) is 4.83. The van der Waals surface area contributed by atoms with E-state index in [9.17, 15) is 9.59 Å². The summed E-state index contributed by atoms with van der Waals surface area (Å²) in [6, 6.07) is 20.1. The van der Waals surface area contributed by atoms with Crippen molar-refractivity contribution in [2.24, 2.45) is 0 Å². The van der Waals surface area contributed by atoms with Gasteiger partial charge in [0.1, 0.15) is 5.75 Å². The molecule has 0 saturated carbocycles. The van der Waals surface area contributed by atoms with Gasteiger partial charge in [-0.15, -0.1) is 0 Å². The predicted octanol–water partition coefficient (Wildman–Crippen LogP) is 5.88. The van der Waals surface area contributed by atoms with Crippen molar-refractivity contribution in [3.8, 4) is 5.75 Å². The second kappa shape index (κ2) is 10.6. The minimum absolute atomic E-state index is 0.150. The number of rotatable bonds is 9. The van der Waals surface area contributed by atoms with Gasteiger partial charge in [-0.05, 0) is 80.7 Å². The maximum Gasteiger partial charge on any atom is 0.261 e. The smallest absolute Gasteiger partial charge is 0.261 e. The lowest BCUT2D eigenvalue weighted by atomic mass is 9.87. The van der Waals surface area contributed by atoms with Gasteiger partial charge in [-0.2, -0.15) is 0 Å². The summed E-state index contributed by atoms with van der Waals surface area (Å²) in [5.41, 5.74) is 2.42. The Morgan fingerprint density at radius 3 is 2.20 bits per heavy atom. The highest BCUT2D eigenvalue weighted by Crippen LogP contribution is 2.39. The van der Waals surface area contributed by atoms with Crippen LogP contribution in [0.5, 0.6) is 5.75 Å². The fourth-order valence-corrected chi connectivity index (χ4v) is 5.46. The van der Waals surface area contributed by atoms with Crippen LogP contribution in [0.1, 0.15) is 71.2 Å². The second-order valence-corrected chi connectivity index (χ2v) is 9.68. The summed E-state index contributed by atoms with van der Waals surface area (Å²) in [7, 11) is 0. The average molecular weight is 471 g/mol. The van der Waals surface area contributed by atoms with Crippen LogP contribution in [-0.4, -0.2) is 54.4 Å². The Balaban J connectivity index is 1.13. The fraction of sp³-hybridized carbons (Fsp3) is 0.400. The molecule has 2 amide bonds. The molecule has 1 saturated heterocycles. The van der Waals surface area contributed by atoms with Crippen molar-refractivity contribution in [2.45, 2.75) is 44.9 Å². The zero-order valence-corrected chi connectivity index (χ0v) is 20.5. The van der Waals surface area contributed by atoms with E-state index < -0.39 is 0 Å². The van der Waals surface area contributed by atoms with Gasteiger partial charge in [0.25, 0.3) is 11.8 Å². The first-order valence-corrected chi connectivity index (χ1v) is 13.0. The Labute approximate surface area is 207 Å². The number of carbonyl (C=O) groups is 2. The first-order chi connectivity index (χ1) is 17.2. The summed E-state index contributed by atoms with van der Waals surface area (Å²) in [6.45, 7) is 6.53. The van der Waals surface area contributed by atoms with Crippen LogP contribution in [0, 0.1) is 0 Å². The van der Waals surface area contributed by atoms with E-state index in [1.807, 2.05) is 12.1 Å². The lowest BCUT2D eigenvalue weighted by Crippen LogP contribution is -2.35. The SMILES string of the molecule is CCCOc1c(C2CCN(CCCCN3C(=O)c4ccccc4C3=O)CC2)ccc2ccccc12. The number of carbonyl (C=O) groups excluding carboxylic acids is 2. The molecule has 2 aliphatic rings. The predicted molar refractivity (Wildman–Crippen MR) is 139 cm³/mol. The number of likely N-dealkylation sites (tertiary alicyclic amines) is 1. The van der Waals surface area contributed by atoms with Gasteiger partial charge in [0.05, 0.1) is 17.7 Å². The van der Waals surface area contributed by atoms with Gasteiger partial charge in [-0.25, -0.2) is 0 Å². The monoisotopic (exact) mass is 470 g/mol. The van der Waals surface area contributed by atoms with Crippen molar-refractivity contribution in [2.75, 3.05) is 32.8 Å². The molecule has 0 unspecified atom stereocenters. The molecule has 1 fully saturated rings. The van der Waals surface area contributed by atoms with E-state index in [4.69, 9.17) is 4.74 Å². The number of hydrogen-bond donors (Lipinski definition) is 0. The zero-order chi connectivity index (χ0) is 24.2. The molecule has 0 radical (unpaired) electrons. The van der Waals surface area contributed by atoms with Crippen LogP contribution in [0.25, 0.3) is 10.8 Å². The third-order valence-electron chi connectivity index (χ3n) is 7.37. The zero-order valence-electron chi connectivity index (χ0n) is 20.5. The van der Waals surface area contributed by atoms with Crippen LogP contribution in [0.2, 0.25) is 0 Å². The molecule has 0 atom stereocenters. The topological polar surface area (TPSA) is 49.9 Å². The fourth-order valence-electron chi connectivity index (χ4n) is 5.46. The first kappa shape index (κ1) is 23.6. The maximum absolute atomic E-state index is 12.5. The number of nitrogens with zero attached hydrogens (tertiary/aromatic N) is 2. The van der Waals surface area contributed by atoms with Crippen LogP contribution in [0.15, 0.2) is 60.7 Å². The molecule has 5 rings (SSSR count). The lowest BCUT2D eigenvalue weighted by molar-refractivity contribution is 0.0649. The minimum Gasteiger partial charge on any atom is -0.493 e. The van der Waals surface area contributed by atoms with Crippen molar-refractivity contribution in [3.05, 3.63) is 77.4 Å². The van der Waals surface area contributed by atoms with Crippen molar-refractivity contribution < 1.29 is 14.3 Å². The van der Waals surface area contributed by atoms with E-state index in [1.165, 1.54) is 21.2 Å². The van der Waals surface area contributed by atoms with Gasteiger partial charge in [0, 0.05) is 11.9 Å². The summed E-state index contributed by atoms with van der Waals surface area (Å²) in [5, 5.41) is 2.45. The molecule has 182 valence electrons. The normalized spacial score (nSPS) is 16.8. The van der Waals surface area contributed by atoms with E-state index in [1.54, 1.807) is 12.1 Å². The average Bonchev–Trinajstić information content (AvgIpc) is 3.15. The number of hydrogen-bond acceptors (Lipinski definition) is 4. The summed E-state index contributed by atoms with van der Waals surface area (Å²) < 4.78 is 6.28. The van der Waals surface area contributed by atoms with Crippen LogP contribution in [0.3, 0.4) is 0 Å². The van der Waals surface area contributed by atoms with Crippen molar-refractivity contribution in [1.82, 2.24) is 9.80 Å². The standard InChI is InChI=1S/C30H34N2O3/c1-2-21-35-28-24-10-4-3-9-22(24)13-14-25(28)23-15-19-31(20-16-23)17-7-8-18-32-29(33)26-11-5-6-12-27(26)30(32)34/h3-6,9-14,23H,2,7-8,15-21H2,1H3. The Hall–Kier alpha value is -3.18. The molecule has 3 aromatic carbocycles. The molecule has 0 N–H and O–H groups in total. The Bertz CT molecular complexity index is 1180. The summed E-state index contributed by atoms with van der Waals surface area (Å²) in [6.07, 6.45) is 5.07. The second-order valence-electron chi connectivity index (χ2n) is 9.68. The molecule has 2 heterocycles. The number of imide groups is 1. The molecular formula is C30H34N2O3. The van der Waals surface area contributed by atoms with E-state index in [0.29, 0.717) is 23.6 Å². The molecule has 0 aliphatic carbocycles. The van der Waals surface area contributed by atoms with E-state index in [2.05, 4.69) is 48.2 Å². The quantitative estimate of drug-likeness (QED) is 0.289. The molecular weight excluding hydrogens is 436 g/mol. The van der Waals surface area contributed by atoms with Crippen molar-refractivity contribution >= 4 is 22.6 Å². The van der Waals surface area contributed by atoms with Crippen LogP contribution in [0.4, 0.5) is 0 Å². The van der Waals surface area contributed by atoms with Crippen LogP contribution >= 0.6 is 0 Å². The molecule has 2 aliphatic heterocycles. The van der Waals surface area contributed by atoms with Gasteiger partial charge in [0.2, 0.25) is 0 Å². The van der Waals surface area contributed by atoms with Gasteiger partial charge < -0.3 is 9.64 Å². The summed E-state index contributed by atoms with van der Waals surface area (Å²) in [5.74, 6) is 1.29. The number of piperidine rings is 1.